The van der Waals surface area contributed by atoms with Gasteiger partial charge in [0.15, 0.2) is 0 Å². The molecule has 10 aromatic carbocycles. The lowest BCUT2D eigenvalue weighted by molar-refractivity contribution is 0.771. The van der Waals surface area contributed by atoms with Crippen LogP contribution in [0.1, 0.15) is 22.3 Å². The van der Waals surface area contributed by atoms with Crippen LogP contribution in [-0.4, -0.2) is 0 Å². The van der Waals surface area contributed by atoms with E-state index in [0.29, 0.717) is 0 Å². The Morgan fingerprint density at radius 3 is 1.30 bits per heavy atom. The molecule has 262 valence electrons. The molecule has 0 aliphatic heterocycles. The smallest absolute Gasteiger partial charge is 0.0714 e. The molecule has 10 aromatic rings. The first-order chi connectivity index (χ1) is 27.8. The topological polar surface area (TPSA) is 3.24 Å². The summed E-state index contributed by atoms with van der Waals surface area (Å²) in [5.74, 6) is 0. The second-order valence-corrected chi connectivity index (χ2v) is 14.9. The monoisotopic (exact) mass is 711 g/mol. The molecule has 56 heavy (non-hydrogen) atoms. The Morgan fingerprint density at radius 2 is 0.714 bits per heavy atom. The van der Waals surface area contributed by atoms with Gasteiger partial charge in [-0.25, -0.2) is 0 Å². The lowest BCUT2D eigenvalue weighted by Gasteiger charge is -2.34. The summed E-state index contributed by atoms with van der Waals surface area (Å²) in [6.07, 6.45) is 0. The number of anilines is 3. The van der Waals surface area contributed by atoms with Gasteiger partial charge in [-0.15, -0.1) is 0 Å². The molecule has 0 fully saturated rings. The highest BCUT2D eigenvalue weighted by Gasteiger charge is 2.44. The fraction of sp³-hybridized carbons (Fsp3) is 0.0182. The minimum atomic E-state index is -0.415. The van der Waals surface area contributed by atoms with Gasteiger partial charge >= 0.3 is 0 Å². The molecule has 0 bridgehead atoms. The van der Waals surface area contributed by atoms with Crippen molar-refractivity contribution in [3.05, 3.63) is 247 Å². The van der Waals surface area contributed by atoms with Gasteiger partial charge in [0, 0.05) is 16.8 Å². The van der Waals surface area contributed by atoms with Crippen LogP contribution in [0.5, 0.6) is 0 Å². The molecular formula is C55H37N. The molecular weight excluding hydrogens is 675 g/mol. The molecule has 11 rings (SSSR count). The van der Waals surface area contributed by atoms with Gasteiger partial charge in [0.25, 0.3) is 0 Å². The molecule has 0 saturated heterocycles. The molecule has 1 aliphatic rings. The van der Waals surface area contributed by atoms with E-state index in [4.69, 9.17) is 0 Å². The highest BCUT2D eigenvalue weighted by Crippen LogP contribution is 2.56. The van der Waals surface area contributed by atoms with Crippen molar-refractivity contribution in [2.45, 2.75) is 5.41 Å². The van der Waals surface area contributed by atoms with Crippen molar-refractivity contribution in [3.63, 3.8) is 0 Å². The first kappa shape index (κ1) is 32.2. The summed E-state index contributed by atoms with van der Waals surface area (Å²) in [5, 5.41) is 7.76. The third-order valence-corrected chi connectivity index (χ3v) is 11.9. The number of benzene rings is 10. The number of rotatable bonds is 7. The quantitative estimate of drug-likeness (QED) is 0.149. The van der Waals surface area contributed by atoms with Crippen LogP contribution < -0.4 is 4.90 Å². The largest absolute Gasteiger partial charge is 0.310 e. The SMILES string of the molecule is c1ccc(-c2ccc(N(c3ccc(-c4ccc(C5(c6ccccc6)c6cccc7ccc8cccc5c8c67)cc4)cc3)c3cccc4ccccc34)cc2)cc1. The Morgan fingerprint density at radius 1 is 0.286 bits per heavy atom. The van der Waals surface area contributed by atoms with Gasteiger partial charge in [-0.05, 0) is 102 Å². The summed E-state index contributed by atoms with van der Waals surface area (Å²) in [6, 6.07) is 82.4. The fourth-order valence-corrected chi connectivity index (χ4v) is 9.38. The Kier molecular flexibility index (Phi) is 7.47. The first-order valence-corrected chi connectivity index (χ1v) is 19.4. The second-order valence-electron chi connectivity index (χ2n) is 14.9. The van der Waals surface area contributed by atoms with E-state index in [1.165, 1.54) is 76.8 Å². The highest BCUT2D eigenvalue weighted by molar-refractivity contribution is 6.16. The van der Waals surface area contributed by atoms with Crippen LogP contribution in [0.4, 0.5) is 17.1 Å². The van der Waals surface area contributed by atoms with Crippen molar-refractivity contribution in [2.24, 2.45) is 0 Å². The van der Waals surface area contributed by atoms with Crippen molar-refractivity contribution < 1.29 is 0 Å². The van der Waals surface area contributed by atoms with E-state index < -0.39 is 5.41 Å². The Bertz CT molecular complexity index is 2970. The maximum Gasteiger partial charge on any atom is 0.0714 e. The average molecular weight is 712 g/mol. The third-order valence-electron chi connectivity index (χ3n) is 11.9. The summed E-state index contributed by atoms with van der Waals surface area (Å²) in [5.41, 5.74) is 13.1. The summed E-state index contributed by atoms with van der Waals surface area (Å²) in [7, 11) is 0. The standard InChI is InChI=1S/C55H37N/c1-3-12-38(13-4-1)40-28-34-47(35-29-40)56(52-23-11-15-42-14-7-8-20-49(42)52)48-36-30-41(31-37-48)39-26-32-46(33-27-39)55(45-18-5-2-6-19-45)50-21-9-16-43-24-25-44-17-10-22-51(55)54(44)53(43)50/h1-37H. The molecule has 0 radical (unpaired) electrons. The maximum atomic E-state index is 2.38. The van der Waals surface area contributed by atoms with Crippen LogP contribution in [0.25, 0.3) is 54.6 Å². The Balaban J connectivity index is 1.00. The Hall–Kier alpha value is -7.22. The molecule has 0 unspecified atom stereocenters. The van der Waals surface area contributed by atoms with E-state index in [1.54, 1.807) is 0 Å². The van der Waals surface area contributed by atoms with Gasteiger partial charge in [-0.3, -0.25) is 0 Å². The van der Waals surface area contributed by atoms with Gasteiger partial charge in [0.2, 0.25) is 0 Å². The van der Waals surface area contributed by atoms with E-state index in [-0.39, 0.29) is 0 Å². The van der Waals surface area contributed by atoms with Crippen molar-refractivity contribution in [1.82, 2.24) is 0 Å². The van der Waals surface area contributed by atoms with Crippen LogP contribution in [0.15, 0.2) is 224 Å². The van der Waals surface area contributed by atoms with Crippen LogP contribution >= 0.6 is 0 Å². The third kappa shape index (κ3) is 4.95. The number of hydrogen-bond donors (Lipinski definition) is 0. The van der Waals surface area contributed by atoms with Crippen LogP contribution in [0, 0.1) is 0 Å². The zero-order valence-electron chi connectivity index (χ0n) is 30.8. The van der Waals surface area contributed by atoms with Crippen LogP contribution in [0.3, 0.4) is 0 Å². The molecule has 0 aromatic heterocycles. The molecule has 0 amide bonds. The summed E-state index contributed by atoms with van der Waals surface area (Å²) < 4.78 is 0. The molecule has 0 spiro atoms. The number of hydrogen-bond acceptors (Lipinski definition) is 1. The van der Waals surface area contributed by atoms with Gasteiger partial charge < -0.3 is 4.90 Å². The first-order valence-electron chi connectivity index (χ1n) is 19.4. The van der Waals surface area contributed by atoms with Crippen LogP contribution in [-0.2, 0) is 5.41 Å². The summed E-state index contributed by atoms with van der Waals surface area (Å²) in [6.45, 7) is 0. The van der Waals surface area contributed by atoms with E-state index in [9.17, 15) is 0 Å². The predicted octanol–water partition coefficient (Wildman–Crippen LogP) is 14.6. The van der Waals surface area contributed by atoms with E-state index in [0.717, 1.165) is 17.1 Å². The summed E-state index contributed by atoms with van der Waals surface area (Å²) >= 11 is 0. The fourth-order valence-electron chi connectivity index (χ4n) is 9.38. The van der Waals surface area contributed by atoms with Crippen molar-refractivity contribution in [1.29, 1.82) is 0 Å². The zero-order valence-corrected chi connectivity index (χ0v) is 30.8. The van der Waals surface area contributed by atoms with Gasteiger partial charge in [0.1, 0.15) is 0 Å². The molecule has 1 nitrogen and oxygen atoms in total. The number of nitrogens with zero attached hydrogens (tertiary/aromatic N) is 1. The van der Waals surface area contributed by atoms with Gasteiger partial charge in [0.05, 0.1) is 11.1 Å². The predicted molar refractivity (Wildman–Crippen MR) is 236 cm³/mol. The minimum Gasteiger partial charge on any atom is -0.310 e. The maximum absolute atomic E-state index is 2.38. The van der Waals surface area contributed by atoms with E-state index >= 15 is 0 Å². The lowest BCUT2D eigenvalue weighted by atomic mass is 9.67. The molecule has 0 saturated carbocycles. The second kappa shape index (κ2) is 13.0. The minimum absolute atomic E-state index is 0.415. The molecule has 0 N–H and O–H groups in total. The van der Waals surface area contributed by atoms with Gasteiger partial charge in [-0.1, -0.05) is 194 Å². The van der Waals surface area contributed by atoms with Crippen molar-refractivity contribution >= 4 is 49.4 Å². The van der Waals surface area contributed by atoms with Gasteiger partial charge in [-0.2, -0.15) is 0 Å². The normalized spacial score (nSPS) is 12.8. The average Bonchev–Trinajstić information content (AvgIpc) is 3.59. The summed E-state index contributed by atoms with van der Waals surface area (Å²) in [4.78, 5) is 2.38. The van der Waals surface area contributed by atoms with E-state index in [1.807, 2.05) is 0 Å². The molecule has 0 heterocycles. The van der Waals surface area contributed by atoms with Crippen molar-refractivity contribution in [3.8, 4) is 22.3 Å². The van der Waals surface area contributed by atoms with Crippen molar-refractivity contribution in [2.75, 3.05) is 4.90 Å². The zero-order chi connectivity index (χ0) is 37.1. The molecule has 1 heteroatoms. The highest BCUT2D eigenvalue weighted by atomic mass is 15.1. The Labute approximate surface area is 327 Å². The van der Waals surface area contributed by atoms with Crippen LogP contribution in [0.2, 0.25) is 0 Å². The number of fused-ring (bicyclic) bond motifs is 1. The van der Waals surface area contributed by atoms with E-state index in [2.05, 4.69) is 229 Å². The molecule has 1 aliphatic carbocycles. The lowest BCUT2D eigenvalue weighted by Crippen LogP contribution is -2.28. The molecule has 0 atom stereocenters.